The summed E-state index contributed by atoms with van der Waals surface area (Å²) >= 11 is 3.42. The lowest BCUT2D eigenvalue weighted by molar-refractivity contribution is -0.117. The zero-order valence-corrected chi connectivity index (χ0v) is 15.5. The minimum Gasteiger partial charge on any atom is -0.496 e. The minimum atomic E-state index is -0.188. The number of hydrogen-bond acceptors (Lipinski definition) is 4. The van der Waals surface area contributed by atoms with Crippen LogP contribution in [0.15, 0.2) is 46.9 Å². The maximum Gasteiger partial charge on any atom is 0.244 e. The number of halogens is 1. The maximum absolute atomic E-state index is 12.2. The van der Waals surface area contributed by atoms with Gasteiger partial charge in [0.1, 0.15) is 5.75 Å². The Hall–Kier alpha value is -2.47. The van der Waals surface area contributed by atoms with Crippen LogP contribution in [-0.4, -0.2) is 19.8 Å². The Bertz CT molecular complexity index is 819. The highest BCUT2D eigenvalue weighted by Gasteiger charge is 2.16. The van der Waals surface area contributed by atoms with Gasteiger partial charge in [-0.3, -0.25) is 4.79 Å². The third-order valence-corrected chi connectivity index (χ3v) is 4.35. The van der Waals surface area contributed by atoms with E-state index in [1.54, 1.807) is 13.2 Å². The van der Waals surface area contributed by atoms with E-state index in [9.17, 15) is 4.79 Å². The van der Waals surface area contributed by atoms with Gasteiger partial charge >= 0.3 is 0 Å². The Balaban J connectivity index is 1.67. The molecule has 0 saturated carbocycles. The van der Waals surface area contributed by atoms with Crippen molar-refractivity contribution in [3.05, 3.63) is 58.1 Å². The van der Waals surface area contributed by atoms with Crippen LogP contribution < -0.4 is 19.5 Å². The van der Waals surface area contributed by atoms with Gasteiger partial charge in [0, 0.05) is 16.1 Å². The predicted molar refractivity (Wildman–Crippen MR) is 98.9 cm³/mol. The SMILES string of the molecule is COc1ccc(Br)cc1C=CC(=O)NC(C)c1ccc2c(c1)OCO2. The molecule has 0 spiro atoms. The van der Waals surface area contributed by atoms with Gasteiger partial charge in [0.15, 0.2) is 11.5 Å². The number of ether oxygens (including phenoxy) is 3. The molecule has 1 aliphatic heterocycles. The van der Waals surface area contributed by atoms with Crippen molar-refractivity contribution < 1.29 is 19.0 Å². The second kappa shape index (κ2) is 7.61. The van der Waals surface area contributed by atoms with Gasteiger partial charge in [-0.15, -0.1) is 0 Å². The summed E-state index contributed by atoms with van der Waals surface area (Å²) in [5.41, 5.74) is 1.77. The number of benzene rings is 2. The molecular formula is C19H18BrNO4. The molecule has 1 amide bonds. The second-order valence-electron chi connectivity index (χ2n) is 5.56. The van der Waals surface area contributed by atoms with E-state index in [1.165, 1.54) is 6.08 Å². The molecule has 25 heavy (non-hydrogen) atoms. The first-order valence-electron chi connectivity index (χ1n) is 7.78. The van der Waals surface area contributed by atoms with Crippen molar-refractivity contribution in [1.29, 1.82) is 0 Å². The van der Waals surface area contributed by atoms with Gasteiger partial charge in [-0.25, -0.2) is 0 Å². The molecule has 0 fully saturated rings. The van der Waals surface area contributed by atoms with Crippen LogP contribution in [0.25, 0.3) is 6.08 Å². The molecular weight excluding hydrogens is 386 g/mol. The van der Waals surface area contributed by atoms with Crippen molar-refractivity contribution in [2.75, 3.05) is 13.9 Å². The average Bonchev–Trinajstić information content (AvgIpc) is 3.07. The molecule has 5 nitrogen and oxygen atoms in total. The summed E-state index contributed by atoms with van der Waals surface area (Å²) in [4.78, 5) is 12.2. The number of carbonyl (C=O) groups is 1. The highest BCUT2D eigenvalue weighted by molar-refractivity contribution is 9.10. The van der Waals surface area contributed by atoms with Crippen molar-refractivity contribution in [3.63, 3.8) is 0 Å². The van der Waals surface area contributed by atoms with Crippen LogP contribution in [0.3, 0.4) is 0 Å². The van der Waals surface area contributed by atoms with Crippen LogP contribution in [0, 0.1) is 0 Å². The van der Waals surface area contributed by atoms with E-state index in [2.05, 4.69) is 21.2 Å². The maximum atomic E-state index is 12.2. The van der Waals surface area contributed by atoms with Gasteiger partial charge in [0.05, 0.1) is 13.2 Å². The molecule has 0 radical (unpaired) electrons. The second-order valence-corrected chi connectivity index (χ2v) is 6.48. The van der Waals surface area contributed by atoms with E-state index in [4.69, 9.17) is 14.2 Å². The Morgan fingerprint density at radius 3 is 2.84 bits per heavy atom. The molecule has 0 aromatic heterocycles. The number of amides is 1. The highest BCUT2D eigenvalue weighted by Crippen LogP contribution is 2.34. The number of carbonyl (C=O) groups excluding carboxylic acids is 1. The highest BCUT2D eigenvalue weighted by atomic mass is 79.9. The first kappa shape index (κ1) is 17.4. The summed E-state index contributed by atoms with van der Waals surface area (Å²) in [6.45, 7) is 2.15. The lowest BCUT2D eigenvalue weighted by Gasteiger charge is -2.13. The minimum absolute atomic E-state index is 0.156. The molecule has 0 saturated heterocycles. The number of methoxy groups -OCH3 is 1. The van der Waals surface area contributed by atoms with E-state index in [0.717, 1.165) is 21.3 Å². The molecule has 0 aliphatic carbocycles. The fourth-order valence-corrected chi connectivity index (χ4v) is 2.91. The lowest BCUT2D eigenvalue weighted by Crippen LogP contribution is -2.24. The van der Waals surface area contributed by atoms with Crippen LogP contribution >= 0.6 is 15.9 Å². The Labute approximate surface area is 154 Å². The average molecular weight is 404 g/mol. The molecule has 1 N–H and O–H groups in total. The first-order valence-corrected chi connectivity index (χ1v) is 8.58. The van der Waals surface area contributed by atoms with Crippen molar-refractivity contribution in [2.24, 2.45) is 0 Å². The Morgan fingerprint density at radius 1 is 1.24 bits per heavy atom. The summed E-state index contributed by atoms with van der Waals surface area (Å²) < 4.78 is 16.9. The molecule has 1 atom stereocenters. The molecule has 1 aliphatic rings. The van der Waals surface area contributed by atoms with Gasteiger partial charge in [-0.2, -0.15) is 0 Å². The van der Waals surface area contributed by atoms with Crippen molar-refractivity contribution in [3.8, 4) is 17.2 Å². The number of nitrogens with one attached hydrogen (secondary N) is 1. The van der Waals surface area contributed by atoms with Gasteiger partial charge in [-0.05, 0) is 48.9 Å². The van der Waals surface area contributed by atoms with Gasteiger partial charge < -0.3 is 19.5 Å². The monoisotopic (exact) mass is 403 g/mol. The predicted octanol–water partition coefficient (Wildman–Crippen LogP) is 4.08. The molecule has 130 valence electrons. The van der Waals surface area contributed by atoms with Crippen LogP contribution in [0.2, 0.25) is 0 Å². The fourth-order valence-electron chi connectivity index (χ4n) is 2.53. The Kier molecular flexibility index (Phi) is 5.28. The van der Waals surface area contributed by atoms with Crippen molar-refractivity contribution in [2.45, 2.75) is 13.0 Å². The summed E-state index contributed by atoms with van der Waals surface area (Å²) in [6, 6.07) is 11.1. The Morgan fingerprint density at radius 2 is 2.04 bits per heavy atom. The van der Waals surface area contributed by atoms with E-state index < -0.39 is 0 Å². The summed E-state index contributed by atoms with van der Waals surface area (Å²) in [5.74, 6) is 1.94. The van der Waals surface area contributed by atoms with Crippen LogP contribution in [0.5, 0.6) is 17.2 Å². The fraction of sp³-hybridized carbons (Fsp3) is 0.211. The summed E-state index contributed by atoms with van der Waals surface area (Å²) in [6.07, 6.45) is 3.22. The molecule has 1 unspecified atom stereocenters. The van der Waals surface area contributed by atoms with Crippen LogP contribution in [0.1, 0.15) is 24.1 Å². The zero-order valence-electron chi connectivity index (χ0n) is 13.9. The first-order chi connectivity index (χ1) is 12.1. The molecule has 3 rings (SSSR count). The van der Waals surface area contributed by atoms with E-state index in [0.29, 0.717) is 11.5 Å². The molecule has 1 heterocycles. The topological polar surface area (TPSA) is 56.8 Å². The smallest absolute Gasteiger partial charge is 0.244 e. The molecule has 6 heteroatoms. The zero-order chi connectivity index (χ0) is 17.8. The van der Waals surface area contributed by atoms with Gasteiger partial charge in [-0.1, -0.05) is 22.0 Å². The van der Waals surface area contributed by atoms with E-state index in [-0.39, 0.29) is 18.7 Å². The largest absolute Gasteiger partial charge is 0.496 e. The third kappa shape index (κ3) is 4.14. The third-order valence-electron chi connectivity index (χ3n) is 3.86. The van der Waals surface area contributed by atoms with Gasteiger partial charge in [0.25, 0.3) is 0 Å². The quantitative estimate of drug-likeness (QED) is 0.764. The number of fused-ring (bicyclic) bond motifs is 1. The summed E-state index contributed by atoms with van der Waals surface area (Å²) in [5, 5.41) is 2.94. The molecule has 2 aromatic rings. The molecule has 0 bridgehead atoms. The van der Waals surface area contributed by atoms with Crippen molar-refractivity contribution in [1.82, 2.24) is 5.32 Å². The van der Waals surface area contributed by atoms with Gasteiger partial charge in [0.2, 0.25) is 12.7 Å². The number of hydrogen-bond donors (Lipinski definition) is 1. The van der Waals surface area contributed by atoms with Crippen molar-refractivity contribution >= 4 is 27.9 Å². The lowest BCUT2D eigenvalue weighted by atomic mass is 10.1. The summed E-state index contributed by atoms with van der Waals surface area (Å²) in [7, 11) is 1.60. The van der Waals surface area contributed by atoms with E-state index >= 15 is 0 Å². The standard InChI is InChI=1S/C19H18BrNO4/c1-12(13-3-6-17-18(10-13)25-11-24-17)21-19(22)8-4-14-9-15(20)5-7-16(14)23-2/h3-10,12H,11H2,1-2H3,(H,21,22). The van der Waals surface area contributed by atoms with Crippen LogP contribution in [0.4, 0.5) is 0 Å². The molecule has 2 aromatic carbocycles. The normalized spacial score (nSPS) is 13.7. The van der Waals surface area contributed by atoms with E-state index in [1.807, 2.05) is 43.3 Å². The number of rotatable bonds is 5. The van der Waals surface area contributed by atoms with Crippen LogP contribution in [-0.2, 0) is 4.79 Å².